The van der Waals surface area contributed by atoms with Crippen molar-refractivity contribution < 1.29 is 5.11 Å². The van der Waals surface area contributed by atoms with Crippen LogP contribution in [0.25, 0.3) is 0 Å². The smallest absolute Gasteiger partial charge is 0.122 e. The molecule has 92 valence electrons. The number of aliphatic hydroxyl groups is 1. The molecule has 0 radical (unpaired) electrons. The number of hydrogen-bond donors (Lipinski definition) is 2. The van der Waals surface area contributed by atoms with Gasteiger partial charge in [0.15, 0.2) is 0 Å². The minimum Gasteiger partial charge on any atom is -0.396 e. The molecule has 1 aliphatic rings. The van der Waals surface area contributed by atoms with Gasteiger partial charge in [0.25, 0.3) is 0 Å². The zero-order chi connectivity index (χ0) is 12.3. The van der Waals surface area contributed by atoms with Crippen LogP contribution in [-0.2, 0) is 0 Å². The van der Waals surface area contributed by atoms with Crippen LogP contribution in [0.4, 0.5) is 5.69 Å². The Morgan fingerprint density at radius 2 is 2.24 bits per heavy atom. The first-order chi connectivity index (χ1) is 8.20. The summed E-state index contributed by atoms with van der Waals surface area (Å²) in [4.78, 5) is 6.75. The molecule has 0 spiro atoms. The molecule has 0 amide bonds. The van der Waals surface area contributed by atoms with E-state index in [1.165, 1.54) is 0 Å². The zero-order valence-corrected chi connectivity index (χ0v) is 10.5. The fourth-order valence-electron chi connectivity index (χ4n) is 2.12. The number of piperidine rings is 1. The summed E-state index contributed by atoms with van der Waals surface area (Å²) in [6, 6.07) is 3.91. The monoisotopic (exact) mass is 251 g/mol. The number of aromatic nitrogens is 1. The summed E-state index contributed by atoms with van der Waals surface area (Å²) in [6.45, 7) is 2.22. The van der Waals surface area contributed by atoms with E-state index in [2.05, 4.69) is 9.88 Å². The Morgan fingerprint density at radius 1 is 1.53 bits per heavy atom. The van der Waals surface area contributed by atoms with Crippen LogP contribution in [0, 0.1) is 5.92 Å². The van der Waals surface area contributed by atoms with E-state index in [0.29, 0.717) is 23.2 Å². The number of pyridine rings is 1. The van der Waals surface area contributed by atoms with Crippen molar-refractivity contribution in [3.8, 4) is 0 Å². The lowest BCUT2D eigenvalue weighted by atomic mass is 9.97. The predicted molar refractivity (Wildman–Crippen MR) is 72.1 cm³/mol. The van der Waals surface area contributed by atoms with Crippen molar-refractivity contribution in [3.05, 3.63) is 24.0 Å². The summed E-state index contributed by atoms with van der Waals surface area (Å²) >= 11 is 4.92. The second kappa shape index (κ2) is 5.42. The molecular formula is C12H17N3OS. The molecular weight excluding hydrogens is 234 g/mol. The molecule has 2 heterocycles. The van der Waals surface area contributed by atoms with Crippen molar-refractivity contribution in [1.29, 1.82) is 0 Å². The van der Waals surface area contributed by atoms with Crippen molar-refractivity contribution in [2.45, 2.75) is 12.8 Å². The SMILES string of the molecule is NC(=S)c1cc(N2CCC(CO)CC2)ccn1. The van der Waals surface area contributed by atoms with Gasteiger partial charge in [0, 0.05) is 31.6 Å². The van der Waals surface area contributed by atoms with Gasteiger partial charge in [-0.05, 0) is 30.9 Å². The number of anilines is 1. The van der Waals surface area contributed by atoms with Crippen molar-refractivity contribution in [1.82, 2.24) is 4.98 Å². The van der Waals surface area contributed by atoms with Crippen molar-refractivity contribution in [2.24, 2.45) is 11.7 Å². The molecule has 0 aliphatic carbocycles. The number of nitrogens with two attached hydrogens (primary N) is 1. The third-order valence-electron chi connectivity index (χ3n) is 3.23. The number of nitrogens with zero attached hydrogens (tertiary/aromatic N) is 2. The van der Waals surface area contributed by atoms with Gasteiger partial charge >= 0.3 is 0 Å². The maximum atomic E-state index is 9.10. The van der Waals surface area contributed by atoms with Crippen LogP contribution in [0.15, 0.2) is 18.3 Å². The molecule has 0 aromatic carbocycles. The van der Waals surface area contributed by atoms with E-state index in [9.17, 15) is 0 Å². The molecule has 17 heavy (non-hydrogen) atoms. The predicted octanol–water partition coefficient (Wildman–Crippen LogP) is 0.924. The van der Waals surface area contributed by atoms with E-state index in [4.69, 9.17) is 23.1 Å². The van der Waals surface area contributed by atoms with E-state index >= 15 is 0 Å². The lowest BCUT2D eigenvalue weighted by molar-refractivity contribution is 0.203. The molecule has 4 nitrogen and oxygen atoms in total. The fourth-order valence-corrected chi connectivity index (χ4v) is 2.24. The Kier molecular flexibility index (Phi) is 3.91. The fraction of sp³-hybridized carbons (Fsp3) is 0.500. The summed E-state index contributed by atoms with van der Waals surface area (Å²) in [7, 11) is 0. The minimum absolute atomic E-state index is 0.294. The van der Waals surface area contributed by atoms with Gasteiger partial charge in [0.05, 0.1) is 5.69 Å². The van der Waals surface area contributed by atoms with E-state index in [1.54, 1.807) is 6.20 Å². The van der Waals surface area contributed by atoms with Gasteiger partial charge in [-0.15, -0.1) is 0 Å². The highest BCUT2D eigenvalue weighted by Gasteiger charge is 2.18. The Balaban J connectivity index is 2.08. The van der Waals surface area contributed by atoms with Gasteiger partial charge in [-0.25, -0.2) is 0 Å². The first-order valence-corrected chi connectivity index (χ1v) is 6.23. The maximum absolute atomic E-state index is 9.10. The average Bonchev–Trinajstić information content (AvgIpc) is 2.39. The van der Waals surface area contributed by atoms with Crippen LogP contribution in [0.3, 0.4) is 0 Å². The highest BCUT2D eigenvalue weighted by Crippen LogP contribution is 2.23. The second-order valence-electron chi connectivity index (χ2n) is 4.38. The maximum Gasteiger partial charge on any atom is 0.122 e. The topological polar surface area (TPSA) is 62.4 Å². The summed E-state index contributed by atoms with van der Waals surface area (Å²) in [5.74, 6) is 0.447. The molecule has 1 aliphatic heterocycles. The van der Waals surface area contributed by atoms with Gasteiger partial charge < -0.3 is 15.7 Å². The van der Waals surface area contributed by atoms with Gasteiger partial charge in [0.1, 0.15) is 4.99 Å². The third kappa shape index (κ3) is 2.92. The molecule has 0 saturated carbocycles. The lowest BCUT2D eigenvalue weighted by Crippen LogP contribution is -2.34. The van der Waals surface area contributed by atoms with E-state index in [-0.39, 0.29) is 0 Å². The number of hydrogen-bond acceptors (Lipinski definition) is 4. The molecule has 1 saturated heterocycles. The normalized spacial score (nSPS) is 17.1. The van der Waals surface area contributed by atoms with Gasteiger partial charge in [-0.1, -0.05) is 12.2 Å². The summed E-state index contributed by atoms with van der Waals surface area (Å²) in [6.07, 6.45) is 3.80. The average molecular weight is 251 g/mol. The van der Waals surface area contributed by atoms with Crippen LogP contribution in [0.1, 0.15) is 18.5 Å². The molecule has 5 heteroatoms. The van der Waals surface area contributed by atoms with Crippen LogP contribution < -0.4 is 10.6 Å². The summed E-state index contributed by atoms with van der Waals surface area (Å²) in [5, 5.41) is 9.10. The molecule has 0 unspecified atom stereocenters. The van der Waals surface area contributed by atoms with Gasteiger partial charge in [-0.3, -0.25) is 4.98 Å². The molecule has 0 bridgehead atoms. The van der Waals surface area contributed by atoms with E-state index in [0.717, 1.165) is 31.6 Å². The highest BCUT2D eigenvalue weighted by atomic mass is 32.1. The second-order valence-corrected chi connectivity index (χ2v) is 4.82. The quantitative estimate of drug-likeness (QED) is 0.782. The summed E-state index contributed by atoms with van der Waals surface area (Å²) < 4.78 is 0. The van der Waals surface area contributed by atoms with Crippen molar-refractivity contribution in [2.75, 3.05) is 24.6 Å². The number of aliphatic hydroxyl groups excluding tert-OH is 1. The Bertz CT molecular complexity index is 402. The molecule has 3 N–H and O–H groups in total. The number of rotatable bonds is 3. The molecule has 0 atom stereocenters. The highest BCUT2D eigenvalue weighted by molar-refractivity contribution is 7.80. The Labute approximate surface area is 106 Å². The molecule has 1 fully saturated rings. The standard InChI is InChI=1S/C12H17N3OS/c13-12(17)11-7-10(1-4-14-11)15-5-2-9(8-16)3-6-15/h1,4,7,9,16H,2-3,5-6,8H2,(H2,13,17). The van der Waals surface area contributed by atoms with Crippen LogP contribution in [-0.4, -0.2) is 34.8 Å². The van der Waals surface area contributed by atoms with E-state index in [1.807, 2.05) is 12.1 Å². The first kappa shape index (κ1) is 12.3. The number of thiocarbonyl (C=S) groups is 1. The minimum atomic E-state index is 0.294. The van der Waals surface area contributed by atoms with Crippen molar-refractivity contribution >= 4 is 22.9 Å². The third-order valence-corrected chi connectivity index (χ3v) is 3.44. The zero-order valence-electron chi connectivity index (χ0n) is 9.67. The van der Waals surface area contributed by atoms with Crippen LogP contribution in [0.2, 0.25) is 0 Å². The summed E-state index contributed by atoms with van der Waals surface area (Å²) in [5.41, 5.74) is 7.35. The Hall–Kier alpha value is -1.20. The van der Waals surface area contributed by atoms with Crippen LogP contribution in [0.5, 0.6) is 0 Å². The lowest BCUT2D eigenvalue weighted by Gasteiger charge is -2.32. The largest absolute Gasteiger partial charge is 0.396 e. The Morgan fingerprint density at radius 3 is 2.82 bits per heavy atom. The van der Waals surface area contributed by atoms with Crippen molar-refractivity contribution in [3.63, 3.8) is 0 Å². The molecule has 1 aromatic rings. The van der Waals surface area contributed by atoms with Crippen LogP contribution >= 0.6 is 12.2 Å². The van der Waals surface area contributed by atoms with Gasteiger partial charge in [0.2, 0.25) is 0 Å². The molecule has 2 rings (SSSR count). The molecule has 1 aromatic heterocycles. The van der Waals surface area contributed by atoms with Gasteiger partial charge in [-0.2, -0.15) is 0 Å². The first-order valence-electron chi connectivity index (χ1n) is 5.82. The van der Waals surface area contributed by atoms with E-state index < -0.39 is 0 Å².